The third kappa shape index (κ3) is 5.83. The van der Waals surface area contributed by atoms with Gasteiger partial charge in [0.25, 0.3) is 6.47 Å². The second kappa shape index (κ2) is 12.0. The zero-order chi connectivity index (χ0) is 27.4. The molecule has 5 rings (SSSR count). The lowest BCUT2D eigenvalue weighted by Gasteiger charge is -2.44. The van der Waals surface area contributed by atoms with Crippen molar-refractivity contribution in [3.63, 3.8) is 0 Å². The van der Waals surface area contributed by atoms with E-state index in [2.05, 4.69) is 44.2 Å². The van der Waals surface area contributed by atoms with Crippen LogP contribution in [-0.4, -0.2) is 89.6 Å². The molecule has 4 heterocycles. The molecule has 2 amide bonds. The normalized spacial score (nSPS) is 20.9. The first kappa shape index (κ1) is 27.6. The maximum Gasteiger partial charge on any atom is 0.290 e. The number of aromatic nitrogens is 2. The molecule has 2 saturated heterocycles. The minimum absolute atomic E-state index is 0.0802. The Kier molecular flexibility index (Phi) is 8.68. The molecule has 0 aliphatic carbocycles. The average Bonchev–Trinajstić information content (AvgIpc) is 3.14. The van der Waals surface area contributed by atoms with Crippen molar-refractivity contribution in [3.8, 4) is 0 Å². The molecule has 204 valence electrons. The summed E-state index contributed by atoms with van der Waals surface area (Å²) in [5.74, 6) is 1.18. The van der Waals surface area contributed by atoms with Gasteiger partial charge in [0.1, 0.15) is 12.0 Å². The van der Waals surface area contributed by atoms with Gasteiger partial charge in [0, 0.05) is 49.8 Å². The van der Waals surface area contributed by atoms with Crippen LogP contribution >= 0.6 is 11.6 Å². The number of likely N-dealkylation sites (N-methyl/N-ethyl adjacent to an activating group) is 1. The van der Waals surface area contributed by atoms with Crippen LogP contribution in [0.15, 0.2) is 30.6 Å². The largest absolute Gasteiger partial charge is 0.483 e. The number of benzene rings is 1. The van der Waals surface area contributed by atoms with Crippen molar-refractivity contribution in [2.24, 2.45) is 0 Å². The number of rotatable bonds is 6. The number of hydrogen-bond acceptors (Lipinski definition) is 8. The Hall–Kier alpha value is -3.44. The minimum atomic E-state index is -0.266. The Labute approximate surface area is 227 Å². The van der Waals surface area contributed by atoms with Gasteiger partial charge in [0.15, 0.2) is 11.6 Å². The van der Waals surface area contributed by atoms with E-state index in [1.54, 1.807) is 0 Å². The Morgan fingerprint density at radius 3 is 2.45 bits per heavy atom. The van der Waals surface area contributed by atoms with Crippen LogP contribution in [0.1, 0.15) is 38.2 Å². The third-order valence-corrected chi connectivity index (χ3v) is 7.41. The van der Waals surface area contributed by atoms with Crippen molar-refractivity contribution in [3.05, 3.63) is 41.2 Å². The van der Waals surface area contributed by atoms with Crippen LogP contribution in [0.2, 0.25) is 5.02 Å². The number of amides is 2. The lowest BCUT2D eigenvalue weighted by molar-refractivity contribution is -0.136. The molecule has 0 saturated carbocycles. The first-order chi connectivity index (χ1) is 18.2. The Morgan fingerprint density at radius 2 is 1.84 bits per heavy atom. The van der Waals surface area contributed by atoms with Gasteiger partial charge in [-0.2, -0.15) is 0 Å². The van der Waals surface area contributed by atoms with Crippen LogP contribution in [-0.2, 0) is 14.4 Å². The number of anilines is 3. The smallest absolute Gasteiger partial charge is 0.290 e. The van der Waals surface area contributed by atoms with Crippen LogP contribution in [0.4, 0.5) is 17.3 Å². The molecule has 2 fully saturated rings. The highest BCUT2D eigenvalue weighted by molar-refractivity contribution is 6.30. The molecule has 1 aromatic carbocycles. The predicted molar refractivity (Wildman–Crippen MR) is 146 cm³/mol. The number of piperazine rings is 1. The molecule has 11 nitrogen and oxygen atoms in total. The van der Waals surface area contributed by atoms with Gasteiger partial charge in [-0.15, -0.1) is 0 Å². The number of nitrogens with zero attached hydrogens (tertiary/aromatic N) is 5. The van der Waals surface area contributed by atoms with E-state index in [1.165, 1.54) is 6.33 Å². The van der Waals surface area contributed by atoms with Crippen LogP contribution in [0.3, 0.4) is 0 Å². The summed E-state index contributed by atoms with van der Waals surface area (Å²) in [7, 11) is 1.89. The number of fused-ring (bicyclic) bond motifs is 3. The molecular weight excluding hydrogens is 510 g/mol. The quantitative estimate of drug-likeness (QED) is 0.469. The second-order valence-electron chi connectivity index (χ2n) is 10.1. The van der Waals surface area contributed by atoms with Crippen molar-refractivity contribution in [2.45, 2.75) is 50.7 Å². The summed E-state index contributed by atoms with van der Waals surface area (Å²) in [6.07, 6.45) is 3.44. The highest BCUT2D eigenvalue weighted by Gasteiger charge is 2.45. The van der Waals surface area contributed by atoms with Crippen molar-refractivity contribution < 1.29 is 19.5 Å². The summed E-state index contributed by atoms with van der Waals surface area (Å²) in [5, 5.41) is 13.9. The monoisotopic (exact) mass is 543 g/mol. The molecule has 2 bridgehead atoms. The van der Waals surface area contributed by atoms with Crippen molar-refractivity contribution in [2.75, 3.05) is 48.3 Å². The van der Waals surface area contributed by atoms with E-state index >= 15 is 0 Å². The van der Waals surface area contributed by atoms with Gasteiger partial charge in [-0.3, -0.25) is 14.4 Å². The van der Waals surface area contributed by atoms with Crippen molar-refractivity contribution in [1.82, 2.24) is 20.2 Å². The van der Waals surface area contributed by atoms with Gasteiger partial charge in [-0.25, -0.2) is 9.97 Å². The maximum absolute atomic E-state index is 14.0. The zero-order valence-electron chi connectivity index (χ0n) is 21.8. The molecule has 0 radical (unpaired) electrons. The minimum Gasteiger partial charge on any atom is -0.483 e. The van der Waals surface area contributed by atoms with Crippen molar-refractivity contribution >= 4 is 47.2 Å². The van der Waals surface area contributed by atoms with Gasteiger partial charge >= 0.3 is 0 Å². The van der Waals surface area contributed by atoms with E-state index in [0.29, 0.717) is 30.5 Å². The molecule has 3 atom stereocenters. The summed E-state index contributed by atoms with van der Waals surface area (Å²) in [5.41, 5.74) is 1.82. The van der Waals surface area contributed by atoms with Crippen LogP contribution < -0.4 is 20.4 Å². The number of halogens is 1. The van der Waals surface area contributed by atoms with E-state index in [0.717, 1.165) is 29.9 Å². The number of carbonyl (C=O) groups excluding carboxylic acids is 2. The molecule has 3 N–H and O–H groups in total. The van der Waals surface area contributed by atoms with E-state index in [9.17, 15) is 9.59 Å². The molecule has 2 aromatic rings. The number of carboxylic acid groups (broad SMARTS) is 1. The summed E-state index contributed by atoms with van der Waals surface area (Å²) < 4.78 is 0. The lowest BCUT2D eigenvalue weighted by Crippen LogP contribution is -2.58. The summed E-state index contributed by atoms with van der Waals surface area (Å²) in [6, 6.07) is 8.14. The highest BCUT2D eigenvalue weighted by Crippen LogP contribution is 2.40. The van der Waals surface area contributed by atoms with Gasteiger partial charge < -0.3 is 30.4 Å². The molecule has 0 spiro atoms. The molecule has 2 unspecified atom stereocenters. The first-order valence-corrected chi connectivity index (χ1v) is 13.1. The zero-order valence-corrected chi connectivity index (χ0v) is 22.6. The Morgan fingerprint density at radius 1 is 1.21 bits per heavy atom. The van der Waals surface area contributed by atoms with Crippen LogP contribution in [0.5, 0.6) is 0 Å². The van der Waals surface area contributed by atoms with E-state index in [-0.39, 0.29) is 48.9 Å². The van der Waals surface area contributed by atoms with Crippen LogP contribution in [0, 0.1) is 0 Å². The summed E-state index contributed by atoms with van der Waals surface area (Å²) >= 11 is 6.12. The van der Waals surface area contributed by atoms with Crippen LogP contribution in [0.25, 0.3) is 0 Å². The molecular formula is C26H34ClN7O4. The standard InChI is InChI=1S/C25H32ClN7O2.CH2O2/c1-15(2)27-10-20(16-4-6-17(26)7-5-16)25(35)33-18-8-9-19(33)12-32(11-18)24-22-23(28-14-29-24)30-21(34)13-31(22)3;2-1-3/h4-7,14-15,18-20,27H,8-13H2,1-3H3,(H,28,29,30,34);1H,(H,2,3)/t18?,19?,20-;/m1./s1. The molecule has 38 heavy (non-hydrogen) atoms. The lowest BCUT2D eigenvalue weighted by atomic mass is 9.95. The summed E-state index contributed by atoms with van der Waals surface area (Å²) in [4.78, 5) is 49.4. The van der Waals surface area contributed by atoms with E-state index < -0.39 is 0 Å². The second-order valence-corrected chi connectivity index (χ2v) is 10.5. The number of carbonyl (C=O) groups is 3. The van der Waals surface area contributed by atoms with Gasteiger partial charge in [-0.05, 0) is 30.5 Å². The van der Waals surface area contributed by atoms with E-state index in [4.69, 9.17) is 21.5 Å². The fraction of sp³-hybridized carbons (Fsp3) is 0.500. The summed E-state index contributed by atoms with van der Waals surface area (Å²) in [6.45, 7) is 6.20. The third-order valence-electron chi connectivity index (χ3n) is 7.16. The number of nitrogens with one attached hydrogen (secondary N) is 2. The molecule has 3 aliphatic heterocycles. The van der Waals surface area contributed by atoms with Gasteiger partial charge in [-0.1, -0.05) is 37.6 Å². The number of hydrogen-bond donors (Lipinski definition) is 3. The topological polar surface area (TPSA) is 131 Å². The van der Waals surface area contributed by atoms with Gasteiger partial charge in [0.05, 0.1) is 12.5 Å². The fourth-order valence-corrected chi connectivity index (χ4v) is 5.65. The highest BCUT2D eigenvalue weighted by atomic mass is 35.5. The van der Waals surface area contributed by atoms with E-state index in [1.807, 2.05) is 36.2 Å². The average molecular weight is 544 g/mol. The molecule has 1 aromatic heterocycles. The maximum atomic E-state index is 14.0. The Balaban J connectivity index is 0.00000107. The fourth-order valence-electron chi connectivity index (χ4n) is 5.52. The molecule has 12 heteroatoms. The van der Waals surface area contributed by atoms with Crippen molar-refractivity contribution in [1.29, 1.82) is 0 Å². The first-order valence-electron chi connectivity index (χ1n) is 12.7. The SMILES string of the molecule is CC(C)NC[C@@H](C(=O)N1C2CCC1CN(c1ncnc3c1N(C)CC(=O)N3)C2)c1ccc(Cl)cc1.O=CO. The Bertz CT molecular complexity index is 1150. The van der Waals surface area contributed by atoms with Gasteiger partial charge in [0.2, 0.25) is 11.8 Å². The predicted octanol–water partition coefficient (Wildman–Crippen LogP) is 2.18. The molecule has 3 aliphatic rings.